The molecular formula is C16H14Cl2MnN6O2. The minimum atomic E-state index is -1.44. The van der Waals surface area contributed by atoms with Gasteiger partial charge in [-0.3, -0.25) is 15.0 Å². The third-order valence-corrected chi connectivity index (χ3v) is 3.64. The van der Waals surface area contributed by atoms with Crippen LogP contribution in [0, 0.1) is 0 Å². The number of halogens is 2. The molecule has 4 heterocycles. The van der Waals surface area contributed by atoms with Gasteiger partial charge in [0.25, 0.3) is 0 Å². The van der Waals surface area contributed by atoms with E-state index in [0.717, 1.165) is 24.3 Å². The van der Waals surface area contributed by atoms with Gasteiger partial charge in [0.15, 0.2) is 5.15 Å². The second-order valence-electron chi connectivity index (χ2n) is 4.92. The van der Waals surface area contributed by atoms with Gasteiger partial charge in [-0.2, -0.15) is 10.2 Å². The molecule has 0 aliphatic carbocycles. The van der Waals surface area contributed by atoms with Crippen LogP contribution in [-0.4, -0.2) is 31.5 Å². The van der Waals surface area contributed by atoms with Crippen LogP contribution in [0.25, 0.3) is 5.69 Å². The first-order valence-corrected chi connectivity index (χ1v) is 9.27. The van der Waals surface area contributed by atoms with Crippen molar-refractivity contribution in [3.8, 4) is 5.69 Å². The Kier molecular flexibility index (Phi) is 8.86. The van der Waals surface area contributed by atoms with E-state index >= 15 is 0 Å². The normalized spacial score (nSPS) is 12.2. The molecule has 0 atom stereocenters. The molecule has 0 amide bonds. The number of hydrogen-bond acceptors (Lipinski definition) is 7. The Morgan fingerprint density at radius 1 is 0.963 bits per heavy atom. The Labute approximate surface area is 171 Å². The van der Waals surface area contributed by atoms with Crippen molar-refractivity contribution < 1.29 is 22.5 Å². The van der Waals surface area contributed by atoms with Crippen molar-refractivity contribution >= 4 is 34.1 Å². The molecule has 1 aliphatic rings. The standard InChI is InChI=1S/C8H8ClN3.C8H6ClN3.Mn.2O/c2*9-8-3-5-12(11-8)7-2-1-4-10-6-7;;;/h1-2,4,6H,3,5H2;1-6H;;;. The van der Waals surface area contributed by atoms with Crippen molar-refractivity contribution in [2.24, 2.45) is 5.10 Å². The molecule has 3 aromatic rings. The molecule has 141 valence electrons. The zero-order valence-corrected chi connectivity index (χ0v) is 16.5. The molecule has 4 rings (SSSR count). The molecule has 0 saturated carbocycles. The van der Waals surface area contributed by atoms with E-state index in [1.807, 2.05) is 29.3 Å². The monoisotopic (exact) mass is 447 g/mol. The first kappa shape index (κ1) is 21.0. The summed E-state index contributed by atoms with van der Waals surface area (Å²) < 4.78 is 18.5. The summed E-state index contributed by atoms with van der Waals surface area (Å²) in [6.07, 6.45) is 9.58. The van der Waals surface area contributed by atoms with E-state index in [1.54, 1.807) is 41.7 Å². The Morgan fingerprint density at radius 3 is 2.04 bits per heavy atom. The Hall–Kier alpha value is -2.32. The van der Waals surface area contributed by atoms with Gasteiger partial charge in [0.2, 0.25) is 0 Å². The van der Waals surface area contributed by atoms with Gasteiger partial charge in [0, 0.05) is 31.6 Å². The summed E-state index contributed by atoms with van der Waals surface area (Å²) in [4.78, 5) is 7.97. The number of aromatic nitrogens is 4. The van der Waals surface area contributed by atoms with Gasteiger partial charge < -0.3 is 0 Å². The van der Waals surface area contributed by atoms with Crippen LogP contribution in [0.1, 0.15) is 6.42 Å². The van der Waals surface area contributed by atoms with E-state index in [2.05, 4.69) is 20.2 Å². The van der Waals surface area contributed by atoms with Crippen molar-refractivity contribution in [1.82, 2.24) is 19.7 Å². The van der Waals surface area contributed by atoms with E-state index < -0.39 is 14.8 Å². The van der Waals surface area contributed by atoms with Crippen molar-refractivity contribution in [2.75, 3.05) is 11.6 Å². The number of rotatable bonds is 2. The quantitative estimate of drug-likeness (QED) is 0.557. The van der Waals surface area contributed by atoms with Gasteiger partial charge in [-0.15, -0.1) is 0 Å². The minimum absolute atomic E-state index is 0.485. The topological polar surface area (TPSA) is 93.3 Å². The van der Waals surface area contributed by atoms with Gasteiger partial charge in [-0.1, -0.05) is 23.2 Å². The van der Waals surface area contributed by atoms with Crippen LogP contribution in [0.4, 0.5) is 5.69 Å². The second-order valence-corrected chi connectivity index (χ2v) is 5.94. The van der Waals surface area contributed by atoms with Crippen molar-refractivity contribution in [2.45, 2.75) is 6.42 Å². The van der Waals surface area contributed by atoms with Gasteiger partial charge in [0.05, 0.1) is 23.8 Å². The van der Waals surface area contributed by atoms with E-state index in [-0.39, 0.29) is 0 Å². The number of anilines is 1. The predicted molar refractivity (Wildman–Crippen MR) is 97.2 cm³/mol. The molecule has 0 spiro atoms. The number of hydrogen-bond donors (Lipinski definition) is 0. The molecule has 0 saturated heterocycles. The first-order chi connectivity index (χ1) is 13.1. The van der Waals surface area contributed by atoms with Crippen LogP contribution < -0.4 is 5.01 Å². The fourth-order valence-electron chi connectivity index (χ4n) is 2.06. The molecule has 0 aromatic carbocycles. The number of nitrogens with zero attached hydrogens (tertiary/aromatic N) is 6. The van der Waals surface area contributed by atoms with Gasteiger partial charge in [-0.05, 0) is 30.3 Å². The third-order valence-electron chi connectivity index (χ3n) is 3.17. The Morgan fingerprint density at radius 2 is 1.59 bits per heavy atom. The van der Waals surface area contributed by atoms with Gasteiger partial charge >= 0.3 is 22.5 Å². The molecule has 27 heavy (non-hydrogen) atoms. The molecule has 0 N–H and O–H groups in total. The summed E-state index contributed by atoms with van der Waals surface area (Å²) >= 11 is 9.97. The van der Waals surface area contributed by atoms with Gasteiger partial charge in [0.1, 0.15) is 5.17 Å². The fourth-order valence-corrected chi connectivity index (χ4v) is 2.37. The summed E-state index contributed by atoms with van der Waals surface area (Å²) in [5.74, 6) is 0. The molecule has 11 heteroatoms. The van der Waals surface area contributed by atoms with Crippen LogP contribution >= 0.6 is 23.2 Å². The number of hydrazone groups is 1. The SMILES string of the molecule is ClC1=NN(c2cccnc2)CC1.Clc1ccn(-c2cccnc2)n1.[O]=[Mn]=[O]. The molecule has 1 aliphatic heterocycles. The van der Waals surface area contributed by atoms with Crippen molar-refractivity contribution in [3.05, 3.63) is 66.5 Å². The molecule has 0 radical (unpaired) electrons. The maximum absolute atomic E-state index is 8.41. The van der Waals surface area contributed by atoms with Crippen LogP contribution in [0.3, 0.4) is 0 Å². The van der Waals surface area contributed by atoms with Crippen LogP contribution in [-0.2, 0) is 22.5 Å². The fraction of sp³-hybridized carbons (Fsp3) is 0.125. The Balaban J connectivity index is 0.000000170. The van der Waals surface area contributed by atoms with Crippen molar-refractivity contribution in [1.29, 1.82) is 0 Å². The molecule has 8 nitrogen and oxygen atoms in total. The Bertz CT molecular complexity index is 902. The number of pyridine rings is 2. The maximum atomic E-state index is 8.41. The predicted octanol–water partition coefficient (Wildman–Crippen LogP) is 3.52. The second kappa shape index (κ2) is 11.4. The van der Waals surface area contributed by atoms with Crippen LogP contribution in [0.2, 0.25) is 5.15 Å². The van der Waals surface area contributed by atoms with Crippen LogP contribution in [0.5, 0.6) is 0 Å². The molecule has 0 unspecified atom stereocenters. The van der Waals surface area contributed by atoms with E-state index in [0.29, 0.717) is 10.3 Å². The zero-order chi connectivity index (χ0) is 19.5. The molecule has 0 bridgehead atoms. The average Bonchev–Trinajstić information content (AvgIpc) is 3.33. The van der Waals surface area contributed by atoms with Crippen molar-refractivity contribution in [3.63, 3.8) is 0 Å². The molecule has 3 aromatic heterocycles. The zero-order valence-electron chi connectivity index (χ0n) is 13.8. The van der Waals surface area contributed by atoms with Crippen LogP contribution in [0.15, 0.2) is 66.4 Å². The van der Waals surface area contributed by atoms with Gasteiger partial charge in [-0.25, -0.2) is 4.68 Å². The first-order valence-electron chi connectivity index (χ1n) is 7.55. The summed E-state index contributed by atoms with van der Waals surface area (Å²) in [6, 6.07) is 9.35. The van der Waals surface area contributed by atoms with E-state index in [9.17, 15) is 0 Å². The summed E-state index contributed by atoms with van der Waals surface area (Å²) in [5.41, 5.74) is 1.90. The van der Waals surface area contributed by atoms with E-state index in [4.69, 9.17) is 30.9 Å². The molecular weight excluding hydrogens is 434 g/mol. The third kappa shape index (κ3) is 7.07. The summed E-state index contributed by atoms with van der Waals surface area (Å²) in [6.45, 7) is 0.852. The average molecular weight is 448 g/mol. The van der Waals surface area contributed by atoms with E-state index in [1.165, 1.54) is 0 Å². The molecule has 0 fully saturated rings. The summed E-state index contributed by atoms with van der Waals surface area (Å²) in [5, 5.41) is 11.2. The summed E-state index contributed by atoms with van der Waals surface area (Å²) in [7, 11) is 0.